The largest absolute Gasteiger partial charge is 0.497 e. The molecule has 7 heteroatoms. The molecule has 1 N–H and O–H groups in total. The minimum absolute atomic E-state index is 0.154. The zero-order valence-electron chi connectivity index (χ0n) is 13.8. The molecule has 25 heavy (non-hydrogen) atoms. The fourth-order valence-corrected chi connectivity index (χ4v) is 3.45. The minimum atomic E-state index is -0.154. The lowest BCUT2D eigenvalue weighted by Crippen LogP contribution is -2.24. The fraction of sp³-hybridized carbons (Fsp3) is 0.167. The number of ether oxygens (including phenoxy) is 1. The number of rotatable bonds is 4. The van der Waals surface area contributed by atoms with Gasteiger partial charge in [0.25, 0.3) is 5.91 Å². The highest BCUT2D eigenvalue weighted by Gasteiger charge is 2.13. The van der Waals surface area contributed by atoms with Crippen molar-refractivity contribution in [3.8, 4) is 5.75 Å². The van der Waals surface area contributed by atoms with Gasteiger partial charge >= 0.3 is 0 Å². The van der Waals surface area contributed by atoms with E-state index in [2.05, 4.69) is 15.3 Å². The summed E-state index contributed by atoms with van der Waals surface area (Å²) in [7, 11) is 1.62. The second-order valence-electron chi connectivity index (χ2n) is 5.69. The van der Waals surface area contributed by atoms with Crippen LogP contribution in [0.15, 0.2) is 42.0 Å². The van der Waals surface area contributed by atoms with Gasteiger partial charge in [-0.2, -0.15) is 0 Å². The molecule has 0 bridgehead atoms. The van der Waals surface area contributed by atoms with E-state index >= 15 is 0 Å². The van der Waals surface area contributed by atoms with Crippen LogP contribution in [0.1, 0.15) is 21.7 Å². The van der Waals surface area contributed by atoms with Gasteiger partial charge < -0.3 is 10.1 Å². The van der Waals surface area contributed by atoms with E-state index in [0.29, 0.717) is 17.8 Å². The molecule has 0 saturated carbocycles. The molecular weight excluding hydrogens is 336 g/mol. The van der Waals surface area contributed by atoms with Crippen LogP contribution in [-0.4, -0.2) is 27.4 Å². The SMILES string of the molecule is COc1ccc2cc(C(=O)NCc3cn4ccsc4n3)c(C)nc2c1. The lowest BCUT2D eigenvalue weighted by atomic mass is 10.1. The van der Waals surface area contributed by atoms with Gasteiger partial charge in [0, 0.05) is 29.2 Å². The summed E-state index contributed by atoms with van der Waals surface area (Å²) >= 11 is 1.56. The number of nitrogens with one attached hydrogen (secondary N) is 1. The Kier molecular flexibility index (Phi) is 3.85. The van der Waals surface area contributed by atoms with Crippen LogP contribution < -0.4 is 10.1 Å². The number of fused-ring (bicyclic) bond motifs is 2. The monoisotopic (exact) mass is 352 g/mol. The van der Waals surface area contributed by atoms with E-state index in [1.165, 1.54) is 0 Å². The number of methoxy groups -OCH3 is 1. The van der Waals surface area contributed by atoms with Crippen molar-refractivity contribution in [2.45, 2.75) is 13.5 Å². The summed E-state index contributed by atoms with van der Waals surface area (Å²) in [6, 6.07) is 7.49. The summed E-state index contributed by atoms with van der Waals surface area (Å²) in [6.45, 7) is 2.22. The van der Waals surface area contributed by atoms with Gasteiger partial charge in [-0.3, -0.25) is 14.2 Å². The van der Waals surface area contributed by atoms with Gasteiger partial charge in [0.2, 0.25) is 0 Å². The summed E-state index contributed by atoms with van der Waals surface area (Å²) in [6.07, 6.45) is 3.87. The number of imidazole rings is 1. The average molecular weight is 352 g/mol. The van der Waals surface area contributed by atoms with Crippen molar-refractivity contribution >= 4 is 33.1 Å². The molecule has 0 unspecified atom stereocenters. The van der Waals surface area contributed by atoms with Crippen LogP contribution in [-0.2, 0) is 6.54 Å². The van der Waals surface area contributed by atoms with Gasteiger partial charge in [-0.15, -0.1) is 11.3 Å². The van der Waals surface area contributed by atoms with Gasteiger partial charge in [-0.05, 0) is 25.1 Å². The molecule has 126 valence electrons. The van der Waals surface area contributed by atoms with Gasteiger partial charge in [0.15, 0.2) is 4.96 Å². The van der Waals surface area contributed by atoms with Crippen LogP contribution in [0.4, 0.5) is 0 Å². The fourth-order valence-electron chi connectivity index (χ4n) is 2.73. The summed E-state index contributed by atoms with van der Waals surface area (Å²) in [4.78, 5) is 22.5. The van der Waals surface area contributed by atoms with E-state index < -0.39 is 0 Å². The first-order chi connectivity index (χ1) is 12.1. The zero-order chi connectivity index (χ0) is 17.4. The number of aromatic nitrogens is 3. The van der Waals surface area contributed by atoms with Crippen molar-refractivity contribution in [2.75, 3.05) is 7.11 Å². The molecule has 0 aliphatic rings. The molecule has 6 nitrogen and oxygen atoms in total. The highest BCUT2D eigenvalue weighted by Crippen LogP contribution is 2.21. The Morgan fingerprint density at radius 3 is 3.00 bits per heavy atom. The molecule has 1 amide bonds. The maximum Gasteiger partial charge on any atom is 0.253 e. The van der Waals surface area contributed by atoms with E-state index in [1.807, 2.05) is 53.4 Å². The smallest absolute Gasteiger partial charge is 0.253 e. The van der Waals surface area contributed by atoms with E-state index in [0.717, 1.165) is 27.3 Å². The average Bonchev–Trinajstić information content (AvgIpc) is 3.20. The van der Waals surface area contributed by atoms with Gasteiger partial charge in [0.1, 0.15) is 5.75 Å². The molecule has 4 rings (SSSR count). The summed E-state index contributed by atoms with van der Waals surface area (Å²) in [5, 5.41) is 5.80. The third-order valence-corrected chi connectivity index (χ3v) is 4.80. The molecule has 3 heterocycles. The predicted molar refractivity (Wildman–Crippen MR) is 97.3 cm³/mol. The van der Waals surface area contributed by atoms with Crippen molar-refractivity contribution in [1.29, 1.82) is 0 Å². The third kappa shape index (κ3) is 2.94. The number of carbonyl (C=O) groups is 1. The van der Waals surface area contributed by atoms with Crippen molar-refractivity contribution in [3.05, 3.63) is 59.0 Å². The quantitative estimate of drug-likeness (QED) is 0.612. The molecule has 1 aromatic carbocycles. The van der Waals surface area contributed by atoms with Gasteiger partial charge in [-0.25, -0.2) is 4.98 Å². The van der Waals surface area contributed by atoms with Crippen LogP contribution in [0.2, 0.25) is 0 Å². The molecule has 0 atom stereocenters. The molecule has 3 aromatic heterocycles. The Labute approximate surface area is 148 Å². The number of pyridine rings is 1. The molecule has 0 radical (unpaired) electrons. The van der Waals surface area contributed by atoms with Crippen LogP contribution in [0, 0.1) is 6.92 Å². The van der Waals surface area contributed by atoms with E-state index in [-0.39, 0.29) is 5.91 Å². The summed E-state index contributed by atoms with van der Waals surface area (Å²) < 4.78 is 7.17. The summed E-state index contributed by atoms with van der Waals surface area (Å²) in [5.41, 5.74) is 2.89. The van der Waals surface area contributed by atoms with Crippen molar-refractivity contribution in [3.63, 3.8) is 0 Å². The van der Waals surface area contributed by atoms with Crippen LogP contribution >= 0.6 is 11.3 Å². The molecule has 4 aromatic rings. The molecule has 0 aliphatic heterocycles. The minimum Gasteiger partial charge on any atom is -0.497 e. The van der Waals surface area contributed by atoms with Crippen LogP contribution in [0.3, 0.4) is 0 Å². The van der Waals surface area contributed by atoms with Gasteiger partial charge in [0.05, 0.1) is 36.1 Å². The number of benzene rings is 1. The Morgan fingerprint density at radius 1 is 1.32 bits per heavy atom. The van der Waals surface area contributed by atoms with E-state index in [9.17, 15) is 4.79 Å². The number of nitrogens with zero attached hydrogens (tertiary/aromatic N) is 3. The van der Waals surface area contributed by atoms with E-state index in [1.54, 1.807) is 18.4 Å². The molecule has 0 aliphatic carbocycles. The molecule has 0 fully saturated rings. The predicted octanol–water partition coefficient (Wildman–Crippen LogP) is 3.19. The number of carbonyl (C=O) groups excluding carboxylic acids is 1. The number of amides is 1. The Morgan fingerprint density at radius 2 is 2.20 bits per heavy atom. The van der Waals surface area contributed by atoms with E-state index in [4.69, 9.17) is 4.74 Å². The molecule has 0 saturated heterocycles. The molecule has 0 spiro atoms. The normalized spacial score (nSPS) is 11.1. The Balaban J connectivity index is 1.56. The second kappa shape index (κ2) is 6.18. The highest BCUT2D eigenvalue weighted by molar-refractivity contribution is 7.15. The summed E-state index contributed by atoms with van der Waals surface area (Å²) in [5.74, 6) is 0.593. The maximum atomic E-state index is 12.6. The van der Waals surface area contributed by atoms with Crippen molar-refractivity contribution in [2.24, 2.45) is 0 Å². The second-order valence-corrected chi connectivity index (χ2v) is 6.56. The number of aryl methyl sites for hydroxylation is 1. The van der Waals surface area contributed by atoms with Crippen LogP contribution in [0.25, 0.3) is 15.9 Å². The van der Waals surface area contributed by atoms with Crippen molar-refractivity contribution in [1.82, 2.24) is 19.7 Å². The lowest BCUT2D eigenvalue weighted by Gasteiger charge is -2.09. The highest BCUT2D eigenvalue weighted by atomic mass is 32.1. The number of hydrogen-bond acceptors (Lipinski definition) is 5. The lowest BCUT2D eigenvalue weighted by molar-refractivity contribution is 0.0949. The third-order valence-electron chi connectivity index (χ3n) is 4.03. The first-order valence-corrected chi connectivity index (χ1v) is 8.66. The van der Waals surface area contributed by atoms with Crippen molar-refractivity contribution < 1.29 is 9.53 Å². The first-order valence-electron chi connectivity index (χ1n) is 7.79. The molecular formula is C18H16N4O2S. The topological polar surface area (TPSA) is 68.5 Å². The standard InChI is InChI=1S/C18H16N4O2S/c1-11-15(7-12-3-4-14(24-2)8-16(12)20-11)17(23)19-9-13-10-22-5-6-25-18(22)21-13/h3-8,10H,9H2,1-2H3,(H,19,23). The number of hydrogen-bond donors (Lipinski definition) is 1. The number of thiazole rings is 1. The zero-order valence-corrected chi connectivity index (χ0v) is 14.6. The first kappa shape index (κ1) is 15.6. The Bertz CT molecular complexity index is 1050. The van der Waals surface area contributed by atoms with Gasteiger partial charge in [-0.1, -0.05) is 0 Å². The Hall–Kier alpha value is -2.93. The maximum absolute atomic E-state index is 12.6. The van der Waals surface area contributed by atoms with Crippen LogP contribution in [0.5, 0.6) is 5.75 Å².